The number of methoxy groups -OCH3 is 1. The summed E-state index contributed by atoms with van der Waals surface area (Å²) in [6, 6.07) is 16.4. The lowest BCUT2D eigenvalue weighted by molar-refractivity contribution is 0.192. The van der Waals surface area contributed by atoms with Gasteiger partial charge in [0.1, 0.15) is 11.8 Å². The van der Waals surface area contributed by atoms with Gasteiger partial charge in [0.15, 0.2) is 5.82 Å². The van der Waals surface area contributed by atoms with E-state index < -0.39 is 0 Å². The summed E-state index contributed by atoms with van der Waals surface area (Å²) in [6.07, 6.45) is 5.78. The average molecular weight is 514 g/mol. The molecule has 1 atom stereocenters. The van der Waals surface area contributed by atoms with Crippen molar-refractivity contribution in [1.29, 1.82) is 0 Å². The van der Waals surface area contributed by atoms with E-state index in [0.717, 1.165) is 67.1 Å². The first-order valence-corrected chi connectivity index (χ1v) is 13.6. The molecule has 0 radical (unpaired) electrons. The Labute approximate surface area is 222 Å². The van der Waals surface area contributed by atoms with Crippen LogP contribution >= 0.6 is 0 Å². The fourth-order valence-corrected chi connectivity index (χ4v) is 6.03. The molecule has 1 saturated heterocycles. The Balaban J connectivity index is 1.36. The maximum absolute atomic E-state index is 13.6. The molecule has 4 aromatic rings. The number of hydrogen-bond acceptors (Lipinski definition) is 7. The van der Waals surface area contributed by atoms with Crippen LogP contribution in [0.25, 0.3) is 10.9 Å². The molecule has 0 spiro atoms. The number of fused-ring (bicyclic) bond motifs is 1. The van der Waals surface area contributed by atoms with Crippen molar-refractivity contribution in [2.24, 2.45) is 0 Å². The normalized spacial score (nSPS) is 18.1. The lowest BCUT2D eigenvalue weighted by atomic mass is 9.95. The summed E-state index contributed by atoms with van der Waals surface area (Å²) in [5.41, 5.74) is 3.77. The molecule has 2 aromatic heterocycles. The third kappa shape index (κ3) is 4.78. The third-order valence-corrected chi connectivity index (χ3v) is 8.13. The first kappa shape index (κ1) is 24.6. The number of ether oxygens (including phenoxy) is 1. The maximum atomic E-state index is 13.6. The van der Waals surface area contributed by atoms with Gasteiger partial charge in [-0.15, -0.1) is 5.10 Å². The monoisotopic (exact) mass is 513 g/mol. The average Bonchev–Trinajstić information content (AvgIpc) is 3.44. The molecule has 38 heavy (non-hydrogen) atoms. The van der Waals surface area contributed by atoms with E-state index in [4.69, 9.17) is 4.74 Å². The van der Waals surface area contributed by atoms with Crippen LogP contribution in [0.15, 0.2) is 53.3 Å². The molecule has 2 aromatic carbocycles. The molecule has 9 heteroatoms. The van der Waals surface area contributed by atoms with Crippen molar-refractivity contribution in [3.63, 3.8) is 0 Å². The number of hydrogen-bond donors (Lipinski definition) is 1. The van der Waals surface area contributed by atoms with E-state index in [-0.39, 0.29) is 17.6 Å². The number of benzene rings is 2. The molecule has 0 bridgehead atoms. The van der Waals surface area contributed by atoms with Gasteiger partial charge in [0.25, 0.3) is 5.56 Å². The molecular weight excluding hydrogens is 478 g/mol. The van der Waals surface area contributed by atoms with E-state index in [1.165, 1.54) is 24.9 Å². The molecule has 2 aliphatic rings. The number of H-pyrrole nitrogens is 1. The lowest BCUT2D eigenvalue weighted by Gasteiger charge is -2.40. The van der Waals surface area contributed by atoms with Crippen LogP contribution in [0.1, 0.15) is 61.1 Å². The molecule has 0 unspecified atom stereocenters. The van der Waals surface area contributed by atoms with E-state index in [9.17, 15) is 4.79 Å². The Morgan fingerprint density at radius 2 is 1.74 bits per heavy atom. The van der Waals surface area contributed by atoms with Crippen molar-refractivity contribution >= 4 is 16.6 Å². The topological polar surface area (TPSA) is 92.2 Å². The number of nitrogens with one attached hydrogen (secondary N) is 1. The first-order chi connectivity index (χ1) is 18.6. The number of aromatic nitrogens is 5. The van der Waals surface area contributed by atoms with Crippen molar-refractivity contribution < 1.29 is 4.74 Å². The minimum atomic E-state index is -0.320. The Morgan fingerprint density at radius 1 is 0.974 bits per heavy atom. The zero-order valence-corrected chi connectivity index (χ0v) is 22.1. The molecule has 9 nitrogen and oxygen atoms in total. The summed E-state index contributed by atoms with van der Waals surface area (Å²) in [5.74, 6) is 1.62. The predicted octanol–water partition coefficient (Wildman–Crippen LogP) is 4.25. The molecule has 3 heterocycles. The van der Waals surface area contributed by atoms with Crippen molar-refractivity contribution in [2.75, 3.05) is 38.2 Å². The summed E-state index contributed by atoms with van der Waals surface area (Å²) in [5, 5.41) is 14.2. The van der Waals surface area contributed by atoms with Gasteiger partial charge in [0.05, 0.1) is 13.2 Å². The molecule has 1 saturated carbocycles. The van der Waals surface area contributed by atoms with E-state index >= 15 is 0 Å². The Bertz CT molecular complexity index is 1450. The standard InChI is InChI=1S/C29H35N7O2/c1-20-8-9-21-19-25(29(37)30-26(21)18-20)27(28-31-32-33-36(28)23-6-4-3-5-7-23)35-16-14-34(15-17-35)22-10-12-24(38-2)13-11-22/h8-13,18-19,23,27H,3-7,14-17H2,1-2H3,(H,30,37)/t27-/m1/s1. The Morgan fingerprint density at radius 3 is 2.47 bits per heavy atom. The fraction of sp³-hybridized carbons (Fsp3) is 0.448. The minimum absolute atomic E-state index is 0.0797. The minimum Gasteiger partial charge on any atom is -0.497 e. The fourth-order valence-electron chi connectivity index (χ4n) is 6.03. The van der Waals surface area contributed by atoms with Crippen LogP contribution in [-0.4, -0.2) is 63.4 Å². The van der Waals surface area contributed by atoms with Crippen molar-refractivity contribution in [2.45, 2.75) is 51.1 Å². The molecule has 2 fully saturated rings. The molecule has 1 N–H and O–H groups in total. The van der Waals surface area contributed by atoms with E-state index in [0.29, 0.717) is 5.56 Å². The second kappa shape index (κ2) is 10.6. The highest BCUT2D eigenvalue weighted by Crippen LogP contribution is 2.34. The van der Waals surface area contributed by atoms with Gasteiger partial charge in [-0.2, -0.15) is 0 Å². The van der Waals surface area contributed by atoms with Crippen molar-refractivity contribution in [3.05, 3.63) is 75.8 Å². The summed E-state index contributed by atoms with van der Waals surface area (Å²) >= 11 is 0. The van der Waals surface area contributed by atoms with Crippen LogP contribution in [0.3, 0.4) is 0 Å². The largest absolute Gasteiger partial charge is 0.497 e. The zero-order chi connectivity index (χ0) is 26.1. The Hall–Kier alpha value is -3.72. The van der Waals surface area contributed by atoms with Gasteiger partial charge in [0, 0.05) is 42.9 Å². The second-order valence-corrected chi connectivity index (χ2v) is 10.5. The first-order valence-electron chi connectivity index (χ1n) is 13.6. The van der Waals surface area contributed by atoms with Crippen LogP contribution in [0.4, 0.5) is 5.69 Å². The van der Waals surface area contributed by atoms with Crippen LogP contribution in [0, 0.1) is 6.92 Å². The highest BCUT2D eigenvalue weighted by Gasteiger charge is 2.34. The summed E-state index contributed by atoms with van der Waals surface area (Å²) in [7, 11) is 1.69. The number of aromatic amines is 1. The van der Waals surface area contributed by atoms with Crippen LogP contribution < -0.4 is 15.2 Å². The second-order valence-electron chi connectivity index (χ2n) is 10.5. The van der Waals surface area contributed by atoms with Crippen molar-refractivity contribution in [3.8, 4) is 5.75 Å². The van der Waals surface area contributed by atoms with E-state index in [2.05, 4.69) is 54.6 Å². The number of pyridine rings is 1. The number of aryl methyl sites for hydroxylation is 1. The predicted molar refractivity (Wildman–Crippen MR) is 148 cm³/mol. The highest BCUT2D eigenvalue weighted by molar-refractivity contribution is 5.79. The van der Waals surface area contributed by atoms with Gasteiger partial charge < -0.3 is 14.6 Å². The summed E-state index contributed by atoms with van der Waals surface area (Å²) < 4.78 is 7.34. The van der Waals surface area contributed by atoms with Gasteiger partial charge in [-0.25, -0.2) is 4.68 Å². The zero-order valence-electron chi connectivity index (χ0n) is 22.1. The molecule has 1 aliphatic carbocycles. The van der Waals surface area contributed by atoms with Gasteiger partial charge >= 0.3 is 0 Å². The Kier molecular flexibility index (Phi) is 6.84. The van der Waals surface area contributed by atoms with Gasteiger partial charge in [-0.1, -0.05) is 31.4 Å². The molecule has 0 amide bonds. The third-order valence-electron chi connectivity index (χ3n) is 8.13. The van der Waals surface area contributed by atoms with Crippen molar-refractivity contribution in [1.82, 2.24) is 30.1 Å². The number of rotatable bonds is 6. The van der Waals surface area contributed by atoms with Crippen LogP contribution in [0.5, 0.6) is 5.75 Å². The smallest absolute Gasteiger partial charge is 0.253 e. The van der Waals surface area contributed by atoms with E-state index in [1.54, 1.807) is 7.11 Å². The molecule has 1 aliphatic heterocycles. The van der Waals surface area contributed by atoms with E-state index in [1.807, 2.05) is 35.9 Å². The summed E-state index contributed by atoms with van der Waals surface area (Å²) in [6.45, 7) is 5.31. The maximum Gasteiger partial charge on any atom is 0.253 e. The SMILES string of the molecule is COc1ccc(N2CCN([C@H](c3cc4ccc(C)cc4[nH]c3=O)c3nnnn3C3CCCCC3)CC2)cc1. The quantitative estimate of drug-likeness (QED) is 0.412. The number of anilines is 1. The molecule has 6 rings (SSSR count). The van der Waals surface area contributed by atoms with Gasteiger partial charge in [0.2, 0.25) is 0 Å². The van der Waals surface area contributed by atoms with Crippen LogP contribution in [0.2, 0.25) is 0 Å². The lowest BCUT2D eigenvalue weighted by Crippen LogP contribution is -2.49. The van der Waals surface area contributed by atoms with Crippen LogP contribution in [-0.2, 0) is 0 Å². The summed E-state index contributed by atoms with van der Waals surface area (Å²) in [4.78, 5) is 21.5. The number of piperazine rings is 1. The van der Waals surface area contributed by atoms with Gasteiger partial charge in [-0.3, -0.25) is 9.69 Å². The number of tetrazole rings is 1. The molecule has 198 valence electrons. The highest BCUT2D eigenvalue weighted by atomic mass is 16.5. The molecular formula is C29H35N7O2. The van der Waals surface area contributed by atoms with Gasteiger partial charge in [-0.05, 0) is 77.5 Å². The number of nitrogens with zero attached hydrogens (tertiary/aromatic N) is 6.